The zero-order valence-corrected chi connectivity index (χ0v) is 13.6. The van der Waals surface area contributed by atoms with E-state index in [0.29, 0.717) is 0 Å². The lowest BCUT2D eigenvalue weighted by molar-refractivity contribution is 0.955. The third-order valence-corrected chi connectivity index (χ3v) is 4.31. The van der Waals surface area contributed by atoms with Crippen molar-refractivity contribution in [3.63, 3.8) is 0 Å². The molecule has 2 heteroatoms. The van der Waals surface area contributed by atoms with Gasteiger partial charge in [0, 0.05) is 22.8 Å². The summed E-state index contributed by atoms with van der Waals surface area (Å²) in [6.07, 6.45) is 0. The van der Waals surface area contributed by atoms with E-state index in [1.54, 1.807) is 0 Å². The third-order valence-electron chi connectivity index (χ3n) is 4.31. The molecular formula is C20H22N2. The van der Waals surface area contributed by atoms with Crippen molar-refractivity contribution < 1.29 is 0 Å². The Kier molecular flexibility index (Phi) is 3.53. The van der Waals surface area contributed by atoms with Crippen LogP contribution in [0.5, 0.6) is 0 Å². The molecule has 3 rings (SSSR count). The van der Waals surface area contributed by atoms with Crippen molar-refractivity contribution in [2.75, 3.05) is 5.73 Å². The summed E-state index contributed by atoms with van der Waals surface area (Å²) in [5.74, 6) is 0. The van der Waals surface area contributed by atoms with E-state index in [2.05, 4.69) is 67.8 Å². The first kappa shape index (κ1) is 14.5. The Labute approximate surface area is 132 Å². The lowest BCUT2D eigenvalue weighted by Crippen LogP contribution is -2.01. The first-order valence-corrected chi connectivity index (χ1v) is 7.60. The van der Waals surface area contributed by atoms with Gasteiger partial charge in [0.25, 0.3) is 0 Å². The van der Waals surface area contributed by atoms with E-state index in [1.165, 1.54) is 33.8 Å². The van der Waals surface area contributed by atoms with Gasteiger partial charge < -0.3 is 10.3 Å². The Morgan fingerprint density at radius 1 is 0.682 bits per heavy atom. The van der Waals surface area contributed by atoms with Crippen LogP contribution in [0.4, 0.5) is 5.69 Å². The summed E-state index contributed by atoms with van der Waals surface area (Å²) in [4.78, 5) is 0. The highest BCUT2D eigenvalue weighted by Gasteiger charge is 2.08. The van der Waals surface area contributed by atoms with Crippen LogP contribution in [0.2, 0.25) is 0 Å². The highest BCUT2D eigenvalue weighted by molar-refractivity contribution is 5.70. The van der Waals surface area contributed by atoms with Gasteiger partial charge in [0.15, 0.2) is 0 Å². The fourth-order valence-corrected chi connectivity index (χ4v) is 2.99. The molecule has 0 atom stereocenters. The lowest BCUT2D eigenvalue weighted by atomic mass is 10.00. The summed E-state index contributed by atoms with van der Waals surface area (Å²) in [7, 11) is 0. The van der Waals surface area contributed by atoms with Crippen molar-refractivity contribution in [1.29, 1.82) is 0 Å². The number of hydrogen-bond acceptors (Lipinski definition) is 1. The largest absolute Gasteiger partial charge is 0.399 e. The highest BCUT2D eigenvalue weighted by Crippen LogP contribution is 2.28. The number of aryl methyl sites for hydroxylation is 4. The third kappa shape index (κ3) is 2.41. The molecule has 22 heavy (non-hydrogen) atoms. The molecule has 0 unspecified atom stereocenters. The van der Waals surface area contributed by atoms with Crippen LogP contribution < -0.4 is 5.73 Å². The molecule has 0 aliphatic heterocycles. The molecule has 0 fully saturated rings. The van der Waals surface area contributed by atoms with E-state index >= 15 is 0 Å². The SMILES string of the molecule is Cc1cc(-c2ccc(-n3c(C)ccc3C)c(C)c2)ccc1N. The molecule has 2 aromatic carbocycles. The predicted molar refractivity (Wildman–Crippen MR) is 94.6 cm³/mol. The van der Waals surface area contributed by atoms with Crippen LogP contribution in [-0.4, -0.2) is 4.57 Å². The van der Waals surface area contributed by atoms with Gasteiger partial charge in [-0.2, -0.15) is 0 Å². The van der Waals surface area contributed by atoms with Gasteiger partial charge in [-0.15, -0.1) is 0 Å². The highest BCUT2D eigenvalue weighted by atomic mass is 15.0. The van der Waals surface area contributed by atoms with Gasteiger partial charge in [0.2, 0.25) is 0 Å². The monoisotopic (exact) mass is 290 g/mol. The van der Waals surface area contributed by atoms with E-state index in [9.17, 15) is 0 Å². The van der Waals surface area contributed by atoms with E-state index in [-0.39, 0.29) is 0 Å². The van der Waals surface area contributed by atoms with E-state index in [0.717, 1.165) is 11.3 Å². The van der Waals surface area contributed by atoms with Crippen molar-refractivity contribution in [3.05, 3.63) is 71.0 Å². The summed E-state index contributed by atoms with van der Waals surface area (Å²) in [5, 5.41) is 0. The molecule has 0 saturated heterocycles. The van der Waals surface area contributed by atoms with Crippen LogP contribution in [-0.2, 0) is 0 Å². The second-order valence-electron chi connectivity index (χ2n) is 6.02. The second kappa shape index (κ2) is 5.38. The van der Waals surface area contributed by atoms with Crippen molar-refractivity contribution in [3.8, 4) is 16.8 Å². The standard InChI is InChI=1S/C20H22N2/c1-13-11-17(7-9-19(13)21)18-8-10-20(14(2)12-18)22-15(3)5-6-16(22)4/h5-12H,21H2,1-4H3. The zero-order chi connectivity index (χ0) is 15.9. The summed E-state index contributed by atoms with van der Waals surface area (Å²) in [5.41, 5.74) is 15.4. The molecule has 0 amide bonds. The number of nitrogens with zero attached hydrogens (tertiary/aromatic N) is 1. The van der Waals surface area contributed by atoms with E-state index in [4.69, 9.17) is 5.73 Å². The number of rotatable bonds is 2. The van der Waals surface area contributed by atoms with Crippen LogP contribution in [0, 0.1) is 27.7 Å². The molecule has 0 saturated carbocycles. The molecular weight excluding hydrogens is 268 g/mol. The quantitative estimate of drug-likeness (QED) is 0.664. The lowest BCUT2D eigenvalue weighted by Gasteiger charge is -2.14. The number of aromatic nitrogens is 1. The first-order valence-electron chi connectivity index (χ1n) is 7.60. The van der Waals surface area contributed by atoms with Gasteiger partial charge in [-0.3, -0.25) is 0 Å². The van der Waals surface area contributed by atoms with Gasteiger partial charge in [-0.1, -0.05) is 12.1 Å². The first-order chi connectivity index (χ1) is 10.5. The minimum absolute atomic E-state index is 0.843. The minimum atomic E-state index is 0.843. The molecule has 0 aliphatic rings. The maximum absolute atomic E-state index is 5.91. The van der Waals surface area contributed by atoms with Gasteiger partial charge in [-0.25, -0.2) is 0 Å². The van der Waals surface area contributed by atoms with Gasteiger partial charge in [-0.05, 0) is 86.3 Å². The maximum Gasteiger partial charge on any atom is 0.0484 e. The Morgan fingerprint density at radius 3 is 1.77 bits per heavy atom. The predicted octanol–water partition coefficient (Wildman–Crippen LogP) is 4.96. The Bertz CT molecular complexity index is 821. The Balaban J connectivity index is 2.08. The van der Waals surface area contributed by atoms with Crippen LogP contribution in [0.3, 0.4) is 0 Å². The molecule has 0 radical (unpaired) electrons. The van der Waals surface area contributed by atoms with Crippen molar-refractivity contribution in [2.24, 2.45) is 0 Å². The Hall–Kier alpha value is -2.48. The minimum Gasteiger partial charge on any atom is -0.399 e. The topological polar surface area (TPSA) is 30.9 Å². The zero-order valence-electron chi connectivity index (χ0n) is 13.6. The summed E-state index contributed by atoms with van der Waals surface area (Å²) in [6.45, 7) is 8.50. The molecule has 112 valence electrons. The van der Waals surface area contributed by atoms with Crippen LogP contribution in [0.1, 0.15) is 22.5 Å². The average molecular weight is 290 g/mol. The molecule has 2 nitrogen and oxygen atoms in total. The number of nitrogens with two attached hydrogens (primary N) is 1. The normalized spacial score (nSPS) is 10.9. The Morgan fingerprint density at radius 2 is 1.23 bits per heavy atom. The smallest absolute Gasteiger partial charge is 0.0484 e. The van der Waals surface area contributed by atoms with Crippen LogP contribution >= 0.6 is 0 Å². The van der Waals surface area contributed by atoms with Crippen LogP contribution in [0.15, 0.2) is 48.5 Å². The number of hydrogen-bond donors (Lipinski definition) is 1. The van der Waals surface area contributed by atoms with Crippen molar-refractivity contribution in [2.45, 2.75) is 27.7 Å². The van der Waals surface area contributed by atoms with Crippen molar-refractivity contribution >= 4 is 5.69 Å². The molecule has 1 aromatic heterocycles. The average Bonchev–Trinajstić information content (AvgIpc) is 2.81. The van der Waals surface area contributed by atoms with Crippen LogP contribution in [0.25, 0.3) is 16.8 Å². The van der Waals surface area contributed by atoms with E-state index < -0.39 is 0 Å². The number of benzene rings is 2. The molecule has 1 heterocycles. The molecule has 0 spiro atoms. The molecule has 3 aromatic rings. The van der Waals surface area contributed by atoms with E-state index in [1.807, 2.05) is 13.0 Å². The fourth-order valence-electron chi connectivity index (χ4n) is 2.99. The number of anilines is 1. The maximum atomic E-state index is 5.91. The molecule has 2 N–H and O–H groups in total. The summed E-state index contributed by atoms with van der Waals surface area (Å²) < 4.78 is 2.30. The van der Waals surface area contributed by atoms with Gasteiger partial charge >= 0.3 is 0 Å². The molecule has 0 aliphatic carbocycles. The summed E-state index contributed by atoms with van der Waals surface area (Å²) >= 11 is 0. The summed E-state index contributed by atoms with van der Waals surface area (Å²) in [6, 6.07) is 17.2. The van der Waals surface area contributed by atoms with Crippen molar-refractivity contribution in [1.82, 2.24) is 4.57 Å². The van der Waals surface area contributed by atoms with Gasteiger partial charge in [0.1, 0.15) is 0 Å². The van der Waals surface area contributed by atoms with Gasteiger partial charge in [0.05, 0.1) is 0 Å². The second-order valence-corrected chi connectivity index (χ2v) is 6.02. The number of nitrogen functional groups attached to an aromatic ring is 1. The molecule has 0 bridgehead atoms. The fraction of sp³-hybridized carbons (Fsp3) is 0.200.